The van der Waals surface area contributed by atoms with Crippen LogP contribution in [-0.4, -0.2) is 71.5 Å². The van der Waals surface area contributed by atoms with Gasteiger partial charge in [0.05, 0.1) is 0 Å². The number of piperidine rings is 1. The molecule has 2 amide bonds. The minimum absolute atomic E-state index is 0.220. The molecule has 0 aliphatic carbocycles. The van der Waals surface area contributed by atoms with Crippen LogP contribution in [0.5, 0.6) is 0 Å². The van der Waals surface area contributed by atoms with Gasteiger partial charge < -0.3 is 20.1 Å². The molecule has 1 rings (SSSR count). The van der Waals surface area contributed by atoms with Crippen LogP contribution < -0.4 is 5.32 Å². The molecule has 1 aliphatic heterocycles. The van der Waals surface area contributed by atoms with Gasteiger partial charge in [-0.05, 0) is 46.6 Å². The van der Waals surface area contributed by atoms with E-state index in [1.54, 1.807) is 25.5 Å². The molecular weight excluding hydrogens is 314 g/mol. The van der Waals surface area contributed by atoms with E-state index in [9.17, 15) is 27.8 Å². The zero-order valence-corrected chi connectivity index (χ0v) is 13.6. The van der Waals surface area contributed by atoms with Gasteiger partial charge in [-0.1, -0.05) is 0 Å². The first-order valence-electron chi connectivity index (χ1n) is 7.61. The quantitative estimate of drug-likeness (QED) is 0.716. The molecule has 1 fully saturated rings. The lowest BCUT2D eigenvalue weighted by atomic mass is 9.82. The van der Waals surface area contributed by atoms with Gasteiger partial charge in [-0.25, -0.2) is 0 Å². The maximum absolute atomic E-state index is 12.8. The highest BCUT2D eigenvalue weighted by molar-refractivity contribution is 6.45. The van der Waals surface area contributed by atoms with Crippen molar-refractivity contribution in [1.29, 1.82) is 0 Å². The first-order valence-corrected chi connectivity index (χ1v) is 7.61. The summed E-state index contributed by atoms with van der Waals surface area (Å²) in [4.78, 5) is 25.8. The second-order valence-corrected chi connectivity index (χ2v) is 6.05. The first kappa shape index (κ1) is 19.8. The van der Waals surface area contributed by atoms with E-state index in [1.165, 1.54) is 0 Å². The standard InChI is InChI=1S/C13H23BF3N3O3/c1-9(2)18-11(21)8-20(12(22)13(15,16)17)10-4-6-19(7-5-10)14(3)23/h9-10,23H,4-8H2,1-3H3,(H,18,21). The predicted octanol–water partition coefficient (Wildman–Crippen LogP) is 0.477. The van der Waals surface area contributed by atoms with Crippen molar-refractivity contribution in [3.63, 3.8) is 0 Å². The molecule has 10 heteroatoms. The molecule has 0 saturated carbocycles. The summed E-state index contributed by atoms with van der Waals surface area (Å²) >= 11 is 0. The Morgan fingerprint density at radius 1 is 1.35 bits per heavy atom. The van der Waals surface area contributed by atoms with Gasteiger partial charge in [0.25, 0.3) is 0 Å². The second-order valence-electron chi connectivity index (χ2n) is 6.05. The minimum Gasteiger partial charge on any atom is -0.437 e. The molecule has 0 spiro atoms. The molecule has 0 aromatic carbocycles. The number of hydrogen-bond acceptors (Lipinski definition) is 4. The van der Waals surface area contributed by atoms with Crippen molar-refractivity contribution in [3.8, 4) is 0 Å². The largest absolute Gasteiger partial charge is 0.471 e. The maximum Gasteiger partial charge on any atom is 0.471 e. The molecule has 0 aromatic rings. The third-order valence-corrected chi connectivity index (χ3v) is 3.74. The molecule has 6 nitrogen and oxygen atoms in total. The monoisotopic (exact) mass is 337 g/mol. The summed E-state index contributed by atoms with van der Waals surface area (Å²) in [5.41, 5.74) is 0. The number of nitrogens with one attached hydrogen (secondary N) is 1. The number of hydrogen-bond donors (Lipinski definition) is 2. The van der Waals surface area contributed by atoms with Crippen LogP contribution in [0.4, 0.5) is 13.2 Å². The molecule has 1 saturated heterocycles. The van der Waals surface area contributed by atoms with Gasteiger partial charge in [-0.3, -0.25) is 9.59 Å². The Morgan fingerprint density at radius 3 is 2.26 bits per heavy atom. The molecule has 1 aliphatic rings. The van der Waals surface area contributed by atoms with Crippen LogP contribution >= 0.6 is 0 Å². The van der Waals surface area contributed by atoms with Crippen LogP contribution in [0.1, 0.15) is 26.7 Å². The summed E-state index contributed by atoms with van der Waals surface area (Å²) in [7, 11) is -0.688. The summed E-state index contributed by atoms with van der Waals surface area (Å²) in [6.07, 6.45) is -4.46. The van der Waals surface area contributed by atoms with Crippen molar-refractivity contribution < 1.29 is 27.8 Å². The Balaban J connectivity index is 2.80. The molecule has 0 unspecified atom stereocenters. The van der Waals surface area contributed by atoms with Crippen LogP contribution in [0.3, 0.4) is 0 Å². The summed E-state index contributed by atoms with van der Waals surface area (Å²) in [6.45, 7) is 5.08. The predicted molar refractivity (Wildman–Crippen MR) is 79.5 cm³/mol. The number of alkyl halides is 3. The van der Waals surface area contributed by atoms with Gasteiger partial charge >= 0.3 is 19.1 Å². The van der Waals surface area contributed by atoms with Crippen LogP contribution in [-0.2, 0) is 9.59 Å². The molecule has 0 aromatic heterocycles. The topological polar surface area (TPSA) is 72.9 Å². The number of amides is 2. The third kappa shape index (κ3) is 6.02. The van der Waals surface area contributed by atoms with Crippen molar-refractivity contribution in [2.45, 2.75) is 51.8 Å². The number of carbonyl (C=O) groups excluding carboxylic acids is 2. The van der Waals surface area contributed by atoms with Crippen LogP contribution in [0.15, 0.2) is 0 Å². The van der Waals surface area contributed by atoms with Crippen molar-refractivity contribution >= 4 is 18.9 Å². The van der Waals surface area contributed by atoms with Crippen molar-refractivity contribution in [1.82, 2.24) is 15.0 Å². The Hall–Kier alpha value is -1.29. The summed E-state index contributed by atoms with van der Waals surface area (Å²) in [6, 6.07) is -0.889. The SMILES string of the molecule is CB(O)N1CCC(N(CC(=O)NC(C)C)C(=O)C(F)(F)F)CC1. The minimum atomic E-state index is -5.01. The van der Waals surface area contributed by atoms with E-state index >= 15 is 0 Å². The van der Waals surface area contributed by atoms with Gasteiger partial charge in [0, 0.05) is 12.1 Å². The van der Waals surface area contributed by atoms with Crippen molar-refractivity contribution in [2.75, 3.05) is 19.6 Å². The van der Waals surface area contributed by atoms with Crippen LogP contribution in [0.25, 0.3) is 0 Å². The van der Waals surface area contributed by atoms with E-state index in [0.29, 0.717) is 18.0 Å². The van der Waals surface area contributed by atoms with Crippen molar-refractivity contribution in [3.05, 3.63) is 0 Å². The zero-order chi connectivity index (χ0) is 17.8. The maximum atomic E-state index is 12.8. The van der Waals surface area contributed by atoms with Crippen molar-refractivity contribution in [2.24, 2.45) is 0 Å². The smallest absolute Gasteiger partial charge is 0.437 e. The highest BCUT2D eigenvalue weighted by Crippen LogP contribution is 2.24. The Morgan fingerprint density at radius 2 is 1.87 bits per heavy atom. The average Bonchev–Trinajstić information content (AvgIpc) is 2.42. The number of halogens is 3. The lowest BCUT2D eigenvalue weighted by Gasteiger charge is -2.38. The Kier molecular flexibility index (Phi) is 6.88. The molecule has 23 heavy (non-hydrogen) atoms. The van der Waals surface area contributed by atoms with Gasteiger partial charge in [-0.2, -0.15) is 13.2 Å². The number of rotatable bonds is 5. The van der Waals surface area contributed by atoms with E-state index < -0.39 is 37.6 Å². The van der Waals surface area contributed by atoms with E-state index in [-0.39, 0.29) is 18.9 Å². The summed E-state index contributed by atoms with van der Waals surface area (Å²) in [5.74, 6) is -2.61. The molecular formula is C13H23BF3N3O3. The average molecular weight is 337 g/mol. The zero-order valence-electron chi connectivity index (χ0n) is 13.6. The van der Waals surface area contributed by atoms with E-state index in [4.69, 9.17) is 0 Å². The fourth-order valence-electron chi connectivity index (χ4n) is 2.62. The van der Waals surface area contributed by atoms with E-state index in [1.807, 2.05) is 0 Å². The Labute approximate surface area is 134 Å². The summed E-state index contributed by atoms with van der Waals surface area (Å²) < 4.78 is 38.4. The Bertz CT molecular complexity index is 424. The normalized spacial score (nSPS) is 17.2. The molecule has 1 heterocycles. The van der Waals surface area contributed by atoms with Gasteiger partial charge in [0.1, 0.15) is 6.54 Å². The number of nitrogens with zero attached hydrogens (tertiary/aromatic N) is 2. The third-order valence-electron chi connectivity index (χ3n) is 3.74. The highest BCUT2D eigenvalue weighted by Gasteiger charge is 2.45. The van der Waals surface area contributed by atoms with E-state index in [2.05, 4.69) is 5.32 Å². The van der Waals surface area contributed by atoms with Gasteiger partial charge in [-0.15, -0.1) is 0 Å². The molecule has 0 atom stereocenters. The molecule has 0 bridgehead atoms. The van der Waals surface area contributed by atoms with Gasteiger partial charge in [0.2, 0.25) is 5.91 Å². The van der Waals surface area contributed by atoms with E-state index in [0.717, 1.165) is 0 Å². The van der Waals surface area contributed by atoms with Crippen LogP contribution in [0.2, 0.25) is 6.82 Å². The molecule has 132 valence electrons. The lowest BCUT2D eigenvalue weighted by molar-refractivity contribution is -0.189. The second kappa shape index (κ2) is 8.00. The molecule has 0 radical (unpaired) electrons. The number of carbonyl (C=O) groups is 2. The first-order chi connectivity index (χ1) is 10.5. The van der Waals surface area contributed by atoms with Crippen LogP contribution in [0, 0.1) is 0 Å². The van der Waals surface area contributed by atoms with Gasteiger partial charge in [0.15, 0.2) is 0 Å². The fourth-order valence-corrected chi connectivity index (χ4v) is 2.62. The fraction of sp³-hybridized carbons (Fsp3) is 0.846. The lowest BCUT2D eigenvalue weighted by Crippen LogP contribution is -2.55. The highest BCUT2D eigenvalue weighted by atomic mass is 19.4. The molecule has 2 N–H and O–H groups in total. The summed E-state index contributed by atoms with van der Waals surface area (Å²) in [5, 5.41) is 12.0.